The first-order chi connectivity index (χ1) is 16.2. The van der Waals surface area contributed by atoms with Gasteiger partial charge in [-0.3, -0.25) is 0 Å². The Labute approximate surface area is 239 Å². The maximum absolute atomic E-state index is 10.0. The molecule has 0 fully saturated rings. The van der Waals surface area contributed by atoms with E-state index >= 15 is 0 Å². The summed E-state index contributed by atoms with van der Waals surface area (Å²) in [6.07, 6.45) is 12.8. The first-order valence-electron chi connectivity index (χ1n) is 13.8. The van der Waals surface area contributed by atoms with E-state index in [1.165, 1.54) is 19.3 Å². The largest absolute Gasteiger partial charge is 3.00 e. The van der Waals surface area contributed by atoms with Crippen LogP contribution in [0.1, 0.15) is 159 Å². The van der Waals surface area contributed by atoms with Gasteiger partial charge < -0.3 is 29.7 Å². The van der Waals surface area contributed by atoms with Crippen molar-refractivity contribution in [3.8, 4) is 0 Å². The third-order valence-electron chi connectivity index (χ3n) is 5.42. The van der Waals surface area contributed by atoms with Gasteiger partial charge in [-0.15, -0.1) is 0 Å². The van der Waals surface area contributed by atoms with Crippen molar-refractivity contribution in [2.45, 2.75) is 159 Å². The molecule has 0 heterocycles. The van der Waals surface area contributed by atoms with Gasteiger partial charge in [-0.25, -0.2) is 0 Å². The number of hydrogen-bond donors (Lipinski definition) is 0. The molecule has 0 rings (SSSR count). The summed E-state index contributed by atoms with van der Waals surface area (Å²) in [6, 6.07) is 0. The summed E-state index contributed by atoms with van der Waals surface area (Å²) >= 11 is 0. The van der Waals surface area contributed by atoms with E-state index in [1.807, 2.05) is 0 Å². The molecule has 0 amide bonds. The van der Waals surface area contributed by atoms with Gasteiger partial charge in [-0.1, -0.05) is 101 Å². The predicted octanol–water partition coefficient (Wildman–Crippen LogP) is 5.20. The van der Waals surface area contributed by atoms with Gasteiger partial charge in [0.25, 0.3) is 0 Å². The van der Waals surface area contributed by atoms with Crippen molar-refractivity contribution in [3.63, 3.8) is 0 Å². The molecule has 0 aliphatic rings. The minimum absolute atomic E-state index is 0. The number of carbonyl (C=O) groups is 3. The Morgan fingerprint density at radius 2 is 0.595 bits per heavy atom. The Morgan fingerprint density at radius 1 is 0.405 bits per heavy atom. The van der Waals surface area contributed by atoms with Crippen molar-refractivity contribution < 1.29 is 46.5 Å². The maximum atomic E-state index is 10.0. The summed E-state index contributed by atoms with van der Waals surface area (Å²) in [6.45, 7) is 19.8. The van der Waals surface area contributed by atoms with Crippen LogP contribution in [0.15, 0.2) is 0 Å². The van der Waals surface area contributed by atoms with E-state index in [4.69, 9.17) is 0 Å². The molecule has 222 valence electrons. The summed E-state index contributed by atoms with van der Waals surface area (Å²) in [5.41, 5.74) is 1.13. The van der Waals surface area contributed by atoms with E-state index in [0.717, 1.165) is 57.8 Å². The number of aliphatic carboxylic acids is 3. The molecule has 0 unspecified atom stereocenters. The van der Waals surface area contributed by atoms with Gasteiger partial charge in [0.2, 0.25) is 0 Å². The first-order valence-corrected chi connectivity index (χ1v) is 13.8. The van der Waals surface area contributed by atoms with Crippen LogP contribution in [0.4, 0.5) is 0 Å². The fourth-order valence-corrected chi connectivity index (χ4v) is 3.30. The quantitative estimate of drug-likeness (QED) is 0.249. The number of carboxylic acid groups (broad SMARTS) is 3. The third kappa shape index (κ3) is 56.3. The van der Waals surface area contributed by atoms with E-state index in [2.05, 4.69) is 62.3 Å². The van der Waals surface area contributed by atoms with Crippen LogP contribution in [0.3, 0.4) is 0 Å². The smallest absolute Gasteiger partial charge is 0.550 e. The van der Waals surface area contributed by atoms with Crippen LogP contribution in [0.2, 0.25) is 0 Å². The fraction of sp³-hybridized carbons (Fsp3) is 0.900. The van der Waals surface area contributed by atoms with E-state index in [0.29, 0.717) is 16.2 Å². The number of carboxylic acids is 3. The van der Waals surface area contributed by atoms with E-state index in [-0.39, 0.29) is 36.0 Å². The molecular weight excluding hydrogens is 515 g/mol. The summed E-state index contributed by atoms with van der Waals surface area (Å²) in [5.74, 6) is -2.78. The molecule has 0 aromatic rings. The molecule has 0 aliphatic carbocycles. The molecule has 6 nitrogen and oxygen atoms in total. The molecule has 0 spiro atoms. The van der Waals surface area contributed by atoms with Crippen molar-refractivity contribution in [2.75, 3.05) is 0 Å². The van der Waals surface area contributed by atoms with Gasteiger partial charge in [-0.2, -0.15) is 0 Å². The number of hydrogen-bond acceptors (Lipinski definition) is 6. The van der Waals surface area contributed by atoms with Crippen LogP contribution in [0, 0.1) is 16.2 Å². The molecule has 0 saturated carbocycles. The second kappa shape index (κ2) is 24.0. The van der Waals surface area contributed by atoms with Gasteiger partial charge in [-0.05, 0) is 74.0 Å². The molecule has 0 aromatic heterocycles. The van der Waals surface area contributed by atoms with Gasteiger partial charge in [0.05, 0.1) is 0 Å². The molecule has 0 bridgehead atoms. The fourth-order valence-electron chi connectivity index (χ4n) is 3.30. The molecule has 0 N–H and O–H groups in total. The minimum Gasteiger partial charge on any atom is -0.550 e. The Kier molecular flexibility index (Phi) is 27.9. The first kappa shape index (κ1) is 43.0. The van der Waals surface area contributed by atoms with Gasteiger partial charge in [0.15, 0.2) is 0 Å². The van der Waals surface area contributed by atoms with Crippen LogP contribution in [-0.4, -0.2) is 17.9 Å². The van der Waals surface area contributed by atoms with Crippen LogP contribution in [0.25, 0.3) is 0 Å². The van der Waals surface area contributed by atoms with E-state index in [9.17, 15) is 29.7 Å². The minimum atomic E-state index is -0.925. The van der Waals surface area contributed by atoms with Crippen molar-refractivity contribution in [3.05, 3.63) is 0 Å². The standard InChI is InChI=1S/3C10H20O2.Co/c3*1-10(2,3)8-6-4-5-7-9(11)12;/h3*4-8H2,1-3H3,(H,11,12);/q;;;+3/p-3. The molecule has 0 radical (unpaired) electrons. The Balaban J connectivity index is -0.000000218. The number of unbranched alkanes of at least 4 members (excludes halogenated alkanes) is 6. The second-order valence-electron chi connectivity index (χ2n) is 13.5. The molecule has 0 aromatic carbocycles. The van der Waals surface area contributed by atoms with Gasteiger partial charge in [0, 0.05) is 17.9 Å². The predicted molar refractivity (Wildman–Crippen MR) is 143 cm³/mol. The van der Waals surface area contributed by atoms with Crippen molar-refractivity contribution in [1.29, 1.82) is 0 Å². The molecule has 0 aliphatic heterocycles. The molecule has 7 heteroatoms. The van der Waals surface area contributed by atoms with Crippen molar-refractivity contribution >= 4 is 17.9 Å². The molecule has 0 atom stereocenters. The number of carbonyl (C=O) groups excluding carboxylic acids is 3. The van der Waals surface area contributed by atoms with E-state index in [1.54, 1.807) is 0 Å². The van der Waals surface area contributed by atoms with Crippen LogP contribution in [0.5, 0.6) is 0 Å². The Morgan fingerprint density at radius 3 is 0.730 bits per heavy atom. The average Bonchev–Trinajstić information content (AvgIpc) is 2.65. The zero-order chi connectivity index (χ0) is 28.8. The Bertz CT molecular complexity index is 487. The maximum Gasteiger partial charge on any atom is 3.00 e. The van der Waals surface area contributed by atoms with Crippen LogP contribution < -0.4 is 15.3 Å². The number of rotatable bonds is 15. The average molecular weight is 573 g/mol. The molecule has 37 heavy (non-hydrogen) atoms. The summed E-state index contributed by atoms with van der Waals surface area (Å²) in [4.78, 5) is 30.1. The van der Waals surface area contributed by atoms with Crippen molar-refractivity contribution in [2.24, 2.45) is 16.2 Å². The van der Waals surface area contributed by atoms with Crippen LogP contribution >= 0.6 is 0 Å². The molecule has 0 saturated heterocycles. The van der Waals surface area contributed by atoms with E-state index < -0.39 is 17.9 Å². The Hall–Kier alpha value is -1.08. The summed E-state index contributed by atoms with van der Waals surface area (Å²) in [7, 11) is 0. The normalized spacial score (nSPS) is 11.3. The molecular formula is C30H57CoO6. The monoisotopic (exact) mass is 572 g/mol. The second-order valence-corrected chi connectivity index (χ2v) is 13.5. The summed E-state index contributed by atoms with van der Waals surface area (Å²) in [5, 5.41) is 30.1. The van der Waals surface area contributed by atoms with Gasteiger partial charge in [0.1, 0.15) is 0 Å². The zero-order valence-corrected chi connectivity index (χ0v) is 26.4. The SMILES string of the molecule is CC(C)(C)CCCCCC(=O)[O-].CC(C)(C)CCCCCC(=O)[O-].CC(C)(C)CCCCCC(=O)[O-].[Co+3]. The summed E-state index contributed by atoms with van der Waals surface area (Å²) < 4.78 is 0. The van der Waals surface area contributed by atoms with Crippen molar-refractivity contribution in [1.82, 2.24) is 0 Å². The zero-order valence-electron chi connectivity index (χ0n) is 25.4. The van der Waals surface area contributed by atoms with Crippen LogP contribution in [-0.2, 0) is 31.2 Å². The third-order valence-corrected chi connectivity index (χ3v) is 5.42. The van der Waals surface area contributed by atoms with Gasteiger partial charge >= 0.3 is 16.8 Å². The topological polar surface area (TPSA) is 120 Å².